The van der Waals surface area contributed by atoms with Gasteiger partial charge in [-0.25, -0.2) is 4.79 Å². The van der Waals surface area contributed by atoms with Crippen LogP contribution in [0.15, 0.2) is 0 Å². The third-order valence-corrected chi connectivity index (χ3v) is 0.268. The quantitative estimate of drug-likeness (QED) is 0.526. The van der Waals surface area contributed by atoms with Gasteiger partial charge in [0.1, 0.15) is 0 Å². The molecule has 4 heteroatoms. The zero-order valence-electron chi connectivity index (χ0n) is 3.97. The lowest BCUT2D eigenvalue weighted by Gasteiger charge is -1.87. The first-order valence-corrected chi connectivity index (χ1v) is 1.63. The van der Waals surface area contributed by atoms with Crippen LogP contribution in [0.5, 0.6) is 0 Å². The third kappa shape index (κ3) is 10.7. The number of hydrogen-bond acceptors (Lipinski definition) is 2. The Morgan fingerprint density at radius 3 is 2.29 bits per heavy atom. The van der Waals surface area contributed by atoms with Crippen LogP contribution in [0.25, 0.3) is 0 Å². The van der Waals surface area contributed by atoms with Gasteiger partial charge in [0.25, 0.3) is 0 Å². The van der Waals surface area contributed by atoms with Gasteiger partial charge in [-0.2, -0.15) is 13.5 Å². The first-order chi connectivity index (χ1) is 2.77. The largest absolute Gasteiger partial charge is 0.505 e. The van der Waals surface area contributed by atoms with Gasteiger partial charge in [-0.1, -0.05) is 0 Å². The lowest BCUT2D eigenvalue weighted by Crippen LogP contribution is -1.97. The Labute approximate surface area is 48.7 Å². The predicted octanol–water partition coefficient (Wildman–Crippen LogP) is 0.814. The van der Waals surface area contributed by atoms with E-state index in [2.05, 4.69) is 4.74 Å². The number of ether oxygens (including phenoxy) is 1. The van der Waals surface area contributed by atoms with Crippen LogP contribution in [0.1, 0.15) is 6.92 Å². The van der Waals surface area contributed by atoms with E-state index in [0.29, 0.717) is 0 Å². The van der Waals surface area contributed by atoms with Crippen molar-refractivity contribution in [2.24, 2.45) is 0 Å². The molecule has 0 spiro atoms. The molecule has 0 bridgehead atoms. The number of carboxylic acid groups (broad SMARTS) is 1. The van der Waals surface area contributed by atoms with Crippen molar-refractivity contribution in [2.45, 2.75) is 6.92 Å². The van der Waals surface area contributed by atoms with E-state index in [9.17, 15) is 4.79 Å². The number of hydrogen-bond donors (Lipinski definition) is 1. The fourth-order valence-corrected chi connectivity index (χ4v) is 0.123. The molecule has 44 valence electrons. The Hall–Kier alpha value is -0.380. The van der Waals surface area contributed by atoms with Crippen LogP contribution in [-0.2, 0) is 4.74 Å². The molecule has 0 fully saturated rings. The fourth-order valence-electron chi connectivity index (χ4n) is 0.123. The predicted molar refractivity (Wildman–Crippen MR) is 30.0 cm³/mol. The average molecular weight is 124 g/mol. The third-order valence-electron chi connectivity index (χ3n) is 0.268. The molecule has 0 saturated heterocycles. The minimum absolute atomic E-state index is 0. The summed E-state index contributed by atoms with van der Waals surface area (Å²) in [6.07, 6.45) is -1.21. The van der Waals surface area contributed by atoms with Gasteiger partial charge in [-0.15, -0.1) is 0 Å². The van der Waals surface area contributed by atoms with E-state index in [1.807, 2.05) is 0 Å². The summed E-state index contributed by atoms with van der Waals surface area (Å²) in [7, 11) is 0. The molecule has 0 radical (unpaired) electrons. The Kier molecular flexibility index (Phi) is 7.86. The molecular weight excluding hydrogens is 116 g/mol. The fraction of sp³-hybridized carbons (Fsp3) is 0.667. The van der Waals surface area contributed by atoms with Crippen LogP contribution in [0.3, 0.4) is 0 Å². The average Bonchev–Trinajstić information content (AvgIpc) is 1.35. The summed E-state index contributed by atoms with van der Waals surface area (Å²) < 4.78 is 3.96. The maximum atomic E-state index is 9.38. The van der Waals surface area contributed by atoms with Crippen molar-refractivity contribution < 1.29 is 14.6 Å². The van der Waals surface area contributed by atoms with E-state index >= 15 is 0 Å². The molecular formula is C3H8O3S. The summed E-state index contributed by atoms with van der Waals surface area (Å²) in [5.41, 5.74) is 0. The standard InChI is InChI=1S/C3H6O3.H2S/c1-2-6-3(4)5;/h2H2,1H3,(H,4,5);1H2. The molecule has 0 saturated carbocycles. The summed E-state index contributed by atoms with van der Waals surface area (Å²) >= 11 is 0. The summed E-state index contributed by atoms with van der Waals surface area (Å²) in [6, 6.07) is 0. The lowest BCUT2D eigenvalue weighted by molar-refractivity contribution is 0.0966. The molecule has 0 unspecified atom stereocenters. The smallest absolute Gasteiger partial charge is 0.450 e. The highest BCUT2D eigenvalue weighted by molar-refractivity contribution is 7.59. The topological polar surface area (TPSA) is 46.5 Å². The van der Waals surface area contributed by atoms with Crippen molar-refractivity contribution in [1.82, 2.24) is 0 Å². The summed E-state index contributed by atoms with van der Waals surface area (Å²) in [5.74, 6) is 0. The molecule has 0 aromatic carbocycles. The van der Waals surface area contributed by atoms with Gasteiger partial charge < -0.3 is 9.84 Å². The van der Waals surface area contributed by atoms with E-state index in [0.717, 1.165) is 0 Å². The van der Waals surface area contributed by atoms with Gasteiger partial charge in [-0.05, 0) is 6.92 Å². The monoisotopic (exact) mass is 124 g/mol. The summed E-state index contributed by atoms with van der Waals surface area (Å²) in [6.45, 7) is 1.85. The van der Waals surface area contributed by atoms with E-state index in [4.69, 9.17) is 5.11 Å². The van der Waals surface area contributed by atoms with Crippen molar-refractivity contribution in [2.75, 3.05) is 6.61 Å². The maximum absolute atomic E-state index is 9.38. The highest BCUT2D eigenvalue weighted by Gasteiger charge is 1.86. The zero-order valence-corrected chi connectivity index (χ0v) is 4.97. The van der Waals surface area contributed by atoms with Crippen molar-refractivity contribution in [3.8, 4) is 0 Å². The Balaban J connectivity index is 0. The van der Waals surface area contributed by atoms with Crippen molar-refractivity contribution in [1.29, 1.82) is 0 Å². The second-order valence-corrected chi connectivity index (χ2v) is 0.699. The first kappa shape index (κ1) is 9.80. The Bertz CT molecular complexity index is 54.1. The molecule has 0 aliphatic heterocycles. The highest BCUT2D eigenvalue weighted by Crippen LogP contribution is 1.69. The summed E-state index contributed by atoms with van der Waals surface area (Å²) in [5, 5.41) is 7.69. The molecule has 0 atom stereocenters. The molecule has 0 rings (SSSR count). The molecule has 0 heterocycles. The SMILES string of the molecule is CCOC(=O)O.S. The van der Waals surface area contributed by atoms with Gasteiger partial charge in [0.2, 0.25) is 0 Å². The van der Waals surface area contributed by atoms with Crippen LogP contribution in [0.2, 0.25) is 0 Å². The second kappa shape index (κ2) is 5.62. The molecule has 0 aromatic rings. The van der Waals surface area contributed by atoms with Crippen LogP contribution in [0.4, 0.5) is 4.79 Å². The highest BCUT2D eigenvalue weighted by atomic mass is 32.1. The molecule has 0 aliphatic rings. The molecule has 3 nitrogen and oxygen atoms in total. The van der Waals surface area contributed by atoms with E-state index in [1.165, 1.54) is 0 Å². The van der Waals surface area contributed by atoms with Gasteiger partial charge in [-0.3, -0.25) is 0 Å². The second-order valence-electron chi connectivity index (χ2n) is 0.699. The van der Waals surface area contributed by atoms with E-state index in [1.54, 1.807) is 6.92 Å². The lowest BCUT2D eigenvalue weighted by atomic mass is 10.9. The van der Waals surface area contributed by atoms with Gasteiger partial charge in [0.05, 0.1) is 6.61 Å². The molecule has 0 amide bonds. The van der Waals surface area contributed by atoms with E-state index < -0.39 is 6.16 Å². The van der Waals surface area contributed by atoms with E-state index in [-0.39, 0.29) is 20.1 Å². The summed E-state index contributed by atoms with van der Waals surface area (Å²) in [4.78, 5) is 9.38. The maximum Gasteiger partial charge on any atom is 0.505 e. The number of rotatable bonds is 1. The molecule has 0 aliphatic carbocycles. The Morgan fingerprint density at radius 1 is 1.86 bits per heavy atom. The zero-order chi connectivity index (χ0) is 4.99. The first-order valence-electron chi connectivity index (χ1n) is 1.63. The number of carbonyl (C=O) groups is 1. The van der Waals surface area contributed by atoms with Crippen molar-refractivity contribution >= 4 is 19.7 Å². The van der Waals surface area contributed by atoms with Gasteiger partial charge in [0, 0.05) is 0 Å². The van der Waals surface area contributed by atoms with Crippen LogP contribution in [-0.4, -0.2) is 17.9 Å². The Morgan fingerprint density at radius 2 is 2.29 bits per heavy atom. The molecule has 0 aromatic heterocycles. The minimum Gasteiger partial charge on any atom is -0.450 e. The molecule has 7 heavy (non-hydrogen) atoms. The van der Waals surface area contributed by atoms with Crippen molar-refractivity contribution in [3.05, 3.63) is 0 Å². The van der Waals surface area contributed by atoms with Gasteiger partial charge >= 0.3 is 6.16 Å². The van der Waals surface area contributed by atoms with Crippen LogP contribution in [0, 0.1) is 0 Å². The molecule has 1 N–H and O–H groups in total. The van der Waals surface area contributed by atoms with Crippen molar-refractivity contribution in [3.63, 3.8) is 0 Å². The van der Waals surface area contributed by atoms with Crippen LogP contribution < -0.4 is 0 Å². The normalized spacial score (nSPS) is 6.43. The van der Waals surface area contributed by atoms with Gasteiger partial charge in [0.15, 0.2) is 0 Å². The minimum atomic E-state index is -1.21. The van der Waals surface area contributed by atoms with Crippen LogP contribution >= 0.6 is 13.5 Å².